The number of carbonyl (C=O) groups is 1. The van der Waals surface area contributed by atoms with Gasteiger partial charge in [-0.1, -0.05) is 30.3 Å². The highest BCUT2D eigenvalue weighted by Crippen LogP contribution is 2.32. The van der Waals surface area contributed by atoms with Gasteiger partial charge in [-0.05, 0) is 32.3 Å². The fourth-order valence-corrected chi connectivity index (χ4v) is 2.34. The van der Waals surface area contributed by atoms with Crippen molar-refractivity contribution in [2.75, 3.05) is 13.7 Å². The average Bonchev–Trinajstić information content (AvgIpc) is 3.20. The Kier molecular flexibility index (Phi) is 4.25. The highest BCUT2D eigenvalue weighted by molar-refractivity contribution is 5.82. The number of rotatable bonds is 6. The Balaban J connectivity index is 2.10. The maximum absolute atomic E-state index is 12.7. The molecular formula is C16H23NO2. The average molecular weight is 261 g/mol. The van der Waals surface area contributed by atoms with Gasteiger partial charge >= 0.3 is 0 Å². The molecular weight excluding hydrogens is 238 g/mol. The molecule has 104 valence electrons. The SMILES string of the molecule is COCC(C)(C)C(=O)N(Cc1ccccc1)C1CC1. The van der Waals surface area contributed by atoms with Crippen molar-refractivity contribution in [2.24, 2.45) is 5.41 Å². The topological polar surface area (TPSA) is 29.5 Å². The third-order valence-corrected chi connectivity index (χ3v) is 3.53. The van der Waals surface area contributed by atoms with E-state index in [1.54, 1.807) is 7.11 Å². The van der Waals surface area contributed by atoms with Gasteiger partial charge in [-0.15, -0.1) is 0 Å². The molecule has 1 aliphatic rings. The van der Waals surface area contributed by atoms with Crippen molar-refractivity contribution in [2.45, 2.75) is 39.3 Å². The van der Waals surface area contributed by atoms with E-state index in [0.717, 1.165) is 12.8 Å². The van der Waals surface area contributed by atoms with Crippen molar-refractivity contribution < 1.29 is 9.53 Å². The molecule has 0 heterocycles. The molecule has 3 heteroatoms. The molecule has 1 fully saturated rings. The van der Waals surface area contributed by atoms with Gasteiger partial charge in [0, 0.05) is 19.7 Å². The standard InChI is InChI=1S/C16H23NO2/c1-16(2,12-19-3)15(18)17(14-9-10-14)11-13-7-5-4-6-8-13/h4-8,14H,9-12H2,1-3H3. The van der Waals surface area contributed by atoms with Gasteiger partial charge in [0.2, 0.25) is 5.91 Å². The Morgan fingerprint density at radius 3 is 2.47 bits per heavy atom. The van der Waals surface area contributed by atoms with Gasteiger partial charge in [-0.25, -0.2) is 0 Å². The molecule has 1 aromatic rings. The summed E-state index contributed by atoms with van der Waals surface area (Å²) in [5.41, 5.74) is 0.738. The highest BCUT2D eigenvalue weighted by atomic mass is 16.5. The lowest BCUT2D eigenvalue weighted by Gasteiger charge is -2.31. The van der Waals surface area contributed by atoms with E-state index in [4.69, 9.17) is 4.74 Å². The van der Waals surface area contributed by atoms with E-state index < -0.39 is 5.41 Å². The zero-order chi connectivity index (χ0) is 13.9. The van der Waals surface area contributed by atoms with Crippen molar-refractivity contribution in [3.63, 3.8) is 0 Å². The first-order valence-corrected chi connectivity index (χ1v) is 6.88. The monoisotopic (exact) mass is 261 g/mol. The predicted octanol–water partition coefficient (Wildman–Crippen LogP) is 2.85. The van der Waals surface area contributed by atoms with Crippen molar-refractivity contribution >= 4 is 5.91 Å². The van der Waals surface area contributed by atoms with Gasteiger partial charge < -0.3 is 9.64 Å². The number of hydrogen-bond donors (Lipinski definition) is 0. The quantitative estimate of drug-likeness (QED) is 0.788. The number of ether oxygens (including phenoxy) is 1. The number of carbonyl (C=O) groups excluding carboxylic acids is 1. The third kappa shape index (κ3) is 3.57. The molecule has 1 aromatic carbocycles. The second-order valence-corrected chi connectivity index (χ2v) is 5.97. The van der Waals surface area contributed by atoms with Crippen LogP contribution in [0.2, 0.25) is 0 Å². The molecule has 0 atom stereocenters. The summed E-state index contributed by atoms with van der Waals surface area (Å²) >= 11 is 0. The van der Waals surface area contributed by atoms with Crippen LogP contribution in [-0.4, -0.2) is 30.6 Å². The molecule has 1 saturated carbocycles. The van der Waals surface area contributed by atoms with Crippen LogP contribution in [0.15, 0.2) is 30.3 Å². The first-order chi connectivity index (χ1) is 9.04. The van der Waals surface area contributed by atoms with E-state index in [0.29, 0.717) is 19.2 Å². The van der Waals surface area contributed by atoms with Gasteiger partial charge in [0.05, 0.1) is 12.0 Å². The molecule has 0 aromatic heterocycles. The molecule has 1 amide bonds. The van der Waals surface area contributed by atoms with E-state index in [1.807, 2.05) is 36.9 Å². The lowest BCUT2D eigenvalue weighted by Crippen LogP contribution is -2.44. The zero-order valence-electron chi connectivity index (χ0n) is 12.1. The minimum Gasteiger partial charge on any atom is -0.384 e. The normalized spacial score (nSPS) is 15.3. The summed E-state index contributed by atoms with van der Waals surface area (Å²) < 4.78 is 5.18. The maximum Gasteiger partial charge on any atom is 0.231 e. The van der Waals surface area contributed by atoms with Gasteiger partial charge in [0.25, 0.3) is 0 Å². The summed E-state index contributed by atoms with van der Waals surface area (Å²) in [6, 6.07) is 10.6. The van der Waals surface area contributed by atoms with Crippen molar-refractivity contribution in [1.82, 2.24) is 4.90 Å². The molecule has 0 aliphatic heterocycles. The number of hydrogen-bond acceptors (Lipinski definition) is 2. The van der Waals surface area contributed by atoms with E-state index in [9.17, 15) is 4.79 Å². The third-order valence-electron chi connectivity index (χ3n) is 3.53. The smallest absolute Gasteiger partial charge is 0.231 e. The zero-order valence-corrected chi connectivity index (χ0v) is 12.1. The molecule has 19 heavy (non-hydrogen) atoms. The number of amides is 1. The molecule has 0 radical (unpaired) electrons. The summed E-state index contributed by atoms with van der Waals surface area (Å²) in [5, 5.41) is 0. The molecule has 0 unspecified atom stereocenters. The van der Waals surface area contributed by atoms with E-state index in [2.05, 4.69) is 12.1 Å². The van der Waals surface area contributed by atoms with Crippen LogP contribution in [-0.2, 0) is 16.1 Å². The van der Waals surface area contributed by atoms with Gasteiger partial charge in [-0.3, -0.25) is 4.79 Å². The molecule has 0 spiro atoms. The fraction of sp³-hybridized carbons (Fsp3) is 0.562. The second-order valence-electron chi connectivity index (χ2n) is 5.97. The summed E-state index contributed by atoms with van der Waals surface area (Å²) in [6.07, 6.45) is 2.25. The first-order valence-electron chi connectivity index (χ1n) is 6.88. The Labute approximate surface area is 115 Å². The lowest BCUT2D eigenvalue weighted by atomic mass is 9.92. The summed E-state index contributed by atoms with van der Waals surface area (Å²) in [4.78, 5) is 14.7. The summed E-state index contributed by atoms with van der Waals surface area (Å²) in [5.74, 6) is 0.195. The van der Waals surface area contributed by atoms with Gasteiger partial charge in [0.1, 0.15) is 0 Å². The minimum absolute atomic E-state index is 0.195. The van der Waals surface area contributed by atoms with Gasteiger partial charge in [-0.2, -0.15) is 0 Å². The first kappa shape index (κ1) is 14.1. The summed E-state index contributed by atoms with van der Waals surface area (Å²) in [7, 11) is 1.65. The van der Waals surface area contributed by atoms with E-state index in [1.165, 1.54) is 5.56 Å². The number of benzene rings is 1. The van der Waals surface area contributed by atoms with Crippen LogP contribution < -0.4 is 0 Å². The number of nitrogens with zero attached hydrogens (tertiary/aromatic N) is 1. The molecule has 0 N–H and O–H groups in total. The van der Waals surface area contributed by atoms with Crippen molar-refractivity contribution in [1.29, 1.82) is 0 Å². The molecule has 2 rings (SSSR count). The van der Waals surface area contributed by atoms with E-state index in [-0.39, 0.29) is 5.91 Å². The van der Waals surface area contributed by atoms with Crippen LogP contribution >= 0.6 is 0 Å². The van der Waals surface area contributed by atoms with Crippen LogP contribution in [0, 0.1) is 5.41 Å². The van der Waals surface area contributed by atoms with Gasteiger partial charge in [0.15, 0.2) is 0 Å². The highest BCUT2D eigenvalue weighted by Gasteiger charge is 2.39. The van der Waals surface area contributed by atoms with Crippen LogP contribution in [0.25, 0.3) is 0 Å². The Hall–Kier alpha value is -1.35. The maximum atomic E-state index is 12.7. The second kappa shape index (κ2) is 5.74. The minimum atomic E-state index is -0.452. The van der Waals surface area contributed by atoms with Crippen LogP contribution in [0.1, 0.15) is 32.3 Å². The Morgan fingerprint density at radius 1 is 1.32 bits per heavy atom. The Morgan fingerprint density at radius 2 is 1.95 bits per heavy atom. The molecule has 0 bridgehead atoms. The largest absolute Gasteiger partial charge is 0.384 e. The fourth-order valence-electron chi connectivity index (χ4n) is 2.34. The van der Waals surface area contributed by atoms with Crippen LogP contribution in [0.4, 0.5) is 0 Å². The Bertz CT molecular complexity index is 424. The van der Waals surface area contributed by atoms with Crippen LogP contribution in [0.3, 0.4) is 0 Å². The molecule has 1 aliphatic carbocycles. The van der Waals surface area contributed by atoms with Crippen molar-refractivity contribution in [3.05, 3.63) is 35.9 Å². The predicted molar refractivity (Wildman–Crippen MR) is 75.7 cm³/mol. The summed E-state index contributed by atoms with van der Waals surface area (Å²) in [6.45, 7) is 5.08. The van der Waals surface area contributed by atoms with Crippen molar-refractivity contribution in [3.8, 4) is 0 Å². The van der Waals surface area contributed by atoms with Crippen LogP contribution in [0.5, 0.6) is 0 Å². The molecule has 3 nitrogen and oxygen atoms in total. The lowest BCUT2D eigenvalue weighted by molar-refractivity contribution is -0.144. The van der Waals surface area contributed by atoms with E-state index >= 15 is 0 Å². The number of methoxy groups -OCH3 is 1. The molecule has 0 saturated heterocycles.